The van der Waals surface area contributed by atoms with Gasteiger partial charge >= 0.3 is 0 Å². The molecular formula is C22H32N2O. The second-order valence-electron chi connectivity index (χ2n) is 8.80. The Hall–Kier alpha value is -1.87. The Morgan fingerprint density at radius 1 is 0.960 bits per heavy atom. The van der Waals surface area contributed by atoms with Gasteiger partial charge in [-0.2, -0.15) is 0 Å². The Labute approximate surface area is 152 Å². The number of hydrogen-bond acceptors (Lipinski definition) is 3. The zero-order valence-corrected chi connectivity index (χ0v) is 16.5. The van der Waals surface area contributed by atoms with Gasteiger partial charge in [0.25, 0.3) is 0 Å². The van der Waals surface area contributed by atoms with Crippen molar-refractivity contribution in [3.63, 3.8) is 0 Å². The molecule has 0 aliphatic carbocycles. The molecule has 2 aromatic rings. The Morgan fingerprint density at radius 2 is 1.60 bits per heavy atom. The number of phenols is 1. The van der Waals surface area contributed by atoms with Gasteiger partial charge in [0.15, 0.2) is 0 Å². The van der Waals surface area contributed by atoms with E-state index in [2.05, 4.69) is 57.9 Å². The van der Waals surface area contributed by atoms with E-state index in [0.29, 0.717) is 12.3 Å². The highest BCUT2D eigenvalue weighted by Crippen LogP contribution is 2.36. The summed E-state index contributed by atoms with van der Waals surface area (Å²) in [7, 11) is 0. The molecule has 0 radical (unpaired) electrons. The van der Waals surface area contributed by atoms with E-state index in [-0.39, 0.29) is 10.8 Å². The van der Waals surface area contributed by atoms with Gasteiger partial charge in [-0.25, -0.2) is 0 Å². The lowest BCUT2D eigenvalue weighted by atomic mass is 9.78. The van der Waals surface area contributed by atoms with Crippen LogP contribution in [-0.2, 0) is 23.8 Å². The van der Waals surface area contributed by atoms with Gasteiger partial charge < -0.3 is 10.4 Å². The summed E-state index contributed by atoms with van der Waals surface area (Å²) in [5.74, 6) is 0.397. The highest BCUT2D eigenvalue weighted by Gasteiger charge is 2.24. The van der Waals surface area contributed by atoms with E-state index in [1.807, 2.05) is 30.6 Å². The van der Waals surface area contributed by atoms with Gasteiger partial charge in [-0.05, 0) is 58.7 Å². The number of aromatic nitrogens is 1. The minimum Gasteiger partial charge on any atom is -0.508 e. The van der Waals surface area contributed by atoms with Crippen LogP contribution in [-0.4, -0.2) is 16.6 Å². The fraction of sp³-hybridized carbons (Fsp3) is 0.500. The molecule has 1 heterocycles. The molecule has 0 saturated carbocycles. The molecule has 136 valence electrons. The van der Waals surface area contributed by atoms with Crippen molar-refractivity contribution in [2.24, 2.45) is 0 Å². The molecule has 0 fully saturated rings. The topological polar surface area (TPSA) is 45.1 Å². The molecule has 25 heavy (non-hydrogen) atoms. The lowest BCUT2D eigenvalue weighted by Crippen LogP contribution is -2.23. The number of benzene rings is 1. The molecule has 0 aliphatic heterocycles. The average Bonchev–Trinajstić information content (AvgIpc) is 2.51. The van der Waals surface area contributed by atoms with Crippen LogP contribution in [0.4, 0.5) is 0 Å². The van der Waals surface area contributed by atoms with Crippen LogP contribution in [0.25, 0.3) is 0 Å². The SMILES string of the molecule is CC(C)(C)c1cc(O)c(CNCCc2ccncc2)c(C(C)(C)C)c1. The zero-order valence-electron chi connectivity index (χ0n) is 16.5. The van der Waals surface area contributed by atoms with Crippen molar-refractivity contribution in [3.8, 4) is 5.75 Å². The minimum absolute atomic E-state index is 0.0130. The number of pyridine rings is 1. The molecule has 0 atom stereocenters. The fourth-order valence-corrected chi connectivity index (χ4v) is 2.94. The summed E-state index contributed by atoms with van der Waals surface area (Å²) >= 11 is 0. The van der Waals surface area contributed by atoms with Gasteiger partial charge in [0.1, 0.15) is 5.75 Å². The van der Waals surface area contributed by atoms with Gasteiger partial charge in [-0.1, -0.05) is 47.6 Å². The third kappa shape index (κ3) is 5.30. The molecule has 0 unspecified atom stereocenters. The number of phenolic OH excluding ortho intramolecular Hbond substituents is 1. The van der Waals surface area contributed by atoms with Crippen LogP contribution >= 0.6 is 0 Å². The lowest BCUT2D eigenvalue weighted by molar-refractivity contribution is 0.452. The van der Waals surface area contributed by atoms with E-state index in [1.54, 1.807) is 0 Å². The standard InChI is InChI=1S/C22H32N2O/c1-21(2,3)17-13-19(22(4,5)6)18(20(25)14-17)15-24-12-9-16-7-10-23-11-8-16/h7-8,10-11,13-14,24-25H,9,12,15H2,1-6H3. The Balaban J connectivity index is 2.16. The van der Waals surface area contributed by atoms with Crippen molar-refractivity contribution < 1.29 is 5.11 Å². The molecule has 2 rings (SSSR count). The van der Waals surface area contributed by atoms with Crippen molar-refractivity contribution in [3.05, 3.63) is 58.9 Å². The summed E-state index contributed by atoms with van der Waals surface area (Å²) in [4.78, 5) is 4.05. The molecular weight excluding hydrogens is 308 g/mol. The summed E-state index contributed by atoms with van der Waals surface area (Å²) in [5.41, 5.74) is 4.68. The second kappa shape index (κ2) is 7.57. The Kier molecular flexibility index (Phi) is 5.89. The van der Waals surface area contributed by atoms with Crippen LogP contribution in [0.5, 0.6) is 5.75 Å². The van der Waals surface area contributed by atoms with E-state index in [1.165, 1.54) is 16.7 Å². The van der Waals surface area contributed by atoms with E-state index in [4.69, 9.17) is 0 Å². The molecule has 0 spiro atoms. The number of aromatic hydroxyl groups is 1. The van der Waals surface area contributed by atoms with Crippen molar-refractivity contribution in [2.45, 2.75) is 65.3 Å². The maximum absolute atomic E-state index is 10.7. The Morgan fingerprint density at radius 3 is 2.16 bits per heavy atom. The number of rotatable bonds is 5. The van der Waals surface area contributed by atoms with E-state index in [9.17, 15) is 5.11 Å². The summed E-state index contributed by atoms with van der Waals surface area (Å²) in [6.07, 6.45) is 4.60. The van der Waals surface area contributed by atoms with Crippen molar-refractivity contribution in [1.82, 2.24) is 10.3 Å². The minimum atomic E-state index is -0.0130. The molecule has 1 aromatic heterocycles. The molecule has 0 bridgehead atoms. The first kappa shape index (κ1) is 19.5. The first-order valence-electron chi connectivity index (χ1n) is 9.05. The van der Waals surface area contributed by atoms with Crippen LogP contribution in [0, 0.1) is 0 Å². The predicted octanol–water partition coefficient (Wildman–Crippen LogP) is 4.71. The normalized spacial score (nSPS) is 12.4. The maximum atomic E-state index is 10.7. The van der Waals surface area contributed by atoms with Gasteiger partial charge in [-0.15, -0.1) is 0 Å². The molecule has 0 aliphatic rings. The number of nitrogens with one attached hydrogen (secondary N) is 1. The third-order valence-corrected chi connectivity index (χ3v) is 4.54. The zero-order chi connectivity index (χ0) is 18.7. The Bertz CT molecular complexity index is 694. The number of hydrogen-bond donors (Lipinski definition) is 2. The van der Waals surface area contributed by atoms with E-state index in [0.717, 1.165) is 18.5 Å². The highest BCUT2D eigenvalue weighted by molar-refractivity contribution is 5.47. The predicted molar refractivity (Wildman–Crippen MR) is 105 cm³/mol. The van der Waals surface area contributed by atoms with Gasteiger partial charge in [0, 0.05) is 24.5 Å². The summed E-state index contributed by atoms with van der Waals surface area (Å²) in [6.45, 7) is 14.7. The van der Waals surface area contributed by atoms with Gasteiger partial charge in [0.2, 0.25) is 0 Å². The summed E-state index contributed by atoms with van der Waals surface area (Å²) in [6, 6.07) is 8.27. The van der Waals surface area contributed by atoms with Crippen molar-refractivity contribution in [2.75, 3.05) is 6.54 Å². The molecule has 3 nitrogen and oxygen atoms in total. The molecule has 2 N–H and O–H groups in total. The third-order valence-electron chi connectivity index (χ3n) is 4.54. The summed E-state index contributed by atoms with van der Waals surface area (Å²) in [5, 5.41) is 14.1. The fourth-order valence-electron chi connectivity index (χ4n) is 2.94. The monoisotopic (exact) mass is 340 g/mol. The van der Waals surface area contributed by atoms with Gasteiger partial charge in [-0.3, -0.25) is 4.98 Å². The molecule has 1 aromatic carbocycles. The summed E-state index contributed by atoms with van der Waals surface area (Å²) < 4.78 is 0. The van der Waals surface area contributed by atoms with Crippen LogP contribution in [0.3, 0.4) is 0 Å². The first-order valence-corrected chi connectivity index (χ1v) is 9.05. The number of nitrogens with zero attached hydrogens (tertiary/aromatic N) is 1. The van der Waals surface area contributed by atoms with E-state index >= 15 is 0 Å². The molecule has 3 heteroatoms. The van der Waals surface area contributed by atoms with Crippen molar-refractivity contribution >= 4 is 0 Å². The molecule has 0 amide bonds. The average molecular weight is 341 g/mol. The van der Waals surface area contributed by atoms with E-state index < -0.39 is 0 Å². The molecule has 0 saturated heterocycles. The quantitative estimate of drug-likeness (QED) is 0.775. The lowest BCUT2D eigenvalue weighted by Gasteiger charge is -2.28. The maximum Gasteiger partial charge on any atom is 0.120 e. The van der Waals surface area contributed by atoms with Crippen LogP contribution in [0.1, 0.15) is 63.8 Å². The van der Waals surface area contributed by atoms with Crippen LogP contribution < -0.4 is 5.32 Å². The second-order valence-corrected chi connectivity index (χ2v) is 8.80. The van der Waals surface area contributed by atoms with Gasteiger partial charge in [0.05, 0.1) is 0 Å². The highest BCUT2D eigenvalue weighted by atomic mass is 16.3. The smallest absolute Gasteiger partial charge is 0.120 e. The largest absolute Gasteiger partial charge is 0.508 e. The van der Waals surface area contributed by atoms with Crippen LogP contribution in [0.15, 0.2) is 36.7 Å². The van der Waals surface area contributed by atoms with Crippen molar-refractivity contribution in [1.29, 1.82) is 0 Å². The van der Waals surface area contributed by atoms with Crippen LogP contribution in [0.2, 0.25) is 0 Å². The first-order chi connectivity index (χ1) is 11.6.